The van der Waals surface area contributed by atoms with Gasteiger partial charge in [0.25, 0.3) is 0 Å². The Morgan fingerprint density at radius 2 is 0.595 bits per heavy atom. The molecule has 0 unspecified atom stereocenters. The fourth-order valence-corrected chi connectivity index (χ4v) is 19.5. The van der Waals surface area contributed by atoms with E-state index in [-0.39, 0.29) is 11.9 Å². The Kier molecular flexibility index (Phi) is 34.4. The molecule has 42 heavy (non-hydrogen) atoms. The van der Waals surface area contributed by atoms with Crippen LogP contribution in [0.15, 0.2) is 12.2 Å². The Bertz CT molecular complexity index is 542. The zero-order valence-corrected chi connectivity index (χ0v) is 35.3. The minimum absolute atomic E-state index is 0.289. The van der Waals surface area contributed by atoms with Crippen LogP contribution in [0.2, 0.25) is 17.7 Å². The van der Waals surface area contributed by atoms with E-state index in [1.54, 1.807) is 0 Å². The quantitative estimate of drug-likeness (QED) is 0.0386. The molecule has 0 aliphatic rings. The first-order valence-electron chi connectivity index (χ1n) is 18.7. The average molecular weight is 806 g/mol. The SMILES string of the molecule is CCCCCCC[CH2][SnH]([CH2]CCCCCCC)[O]C(=O)/C=C\C(=O)[O][SnH]([CH2]CCCCCCC)[CH2]CCCCCCC. The van der Waals surface area contributed by atoms with Crippen LogP contribution >= 0.6 is 0 Å². The zero-order valence-electron chi connectivity index (χ0n) is 28.7. The number of rotatable bonds is 32. The number of carbonyl (C=O) groups excluding carboxylic acids is 2. The van der Waals surface area contributed by atoms with Crippen LogP contribution in [0.4, 0.5) is 0 Å². The van der Waals surface area contributed by atoms with Gasteiger partial charge in [-0.05, 0) is 0 Å². The second-order valence-corrected chi connectivity index (χ2v) is 27.7. The number of unbranched alkanes of at least 4 members (excludes halogenated alkanes) is 20. The van der Waals surface area contributed by atoms with E-state index in [0.717, 1.165) is 17.7 Å². The molecule has 0 bridgehead atoms. The molecule has 4 nitrogen and oxygen atoms in total. The van der Waals surface area contributed by atoms with E-state index in [2.05, 4.69) is 27.7 Å². The van der Waals surface area contributed by atoms with Crippen molar-refractivity contribution in [2.75, 3.05) is 0 Å². The van der Waals surface area contributed by atoms with E-state index in [4.69, 9.17) is 6.15 Å². The van der Waals surface area contributed by atoms with Gasteiger partial charge in [-0.2, -0.15) is 0 Å². The van der Waals surface area contributed by atoms with Crippen LogP contribution in [-0.2, 0) is 15.7 Å². The molecule has 0 aromatic heterocycles. The molecule has 0 radical (unpaired) electrons. The number of carbonyl (C=O) groups is 2. The van der Waals surface area contributed by atoms with E-state index < -0.39 is 40.3 Å². The van der Waals surface area contributed by atoms with Crippen molar-refractivity contribution in [2.24, 2.45) is 0 Å². The molecular formula is C36H72O4Sn2. The van der Waals surface area contributed by atoms with Gasteiger partial charge in [-0.3, -0.25) is 0 Å². The molecule has 0 spiro atoms. The maximum absolute atomic E-state index is 12.7. The summed E-state index contributed by atoms with van der Waals surface area (Å²) in [7, 11) is 0. The molecular weight excluding hydrogens is 734 g/mol. The third-order valence-corrected chi connectivity index (χ3v) is 23.7. The Morgan fingerprint density at radius 3 is 0.833 bits per heavy atom. The summed E-state index contributed by atoms with van der Waals surface area (Å²) < 4.78 is 16.7. The van der Waals surface area contributed by atoms with Crippen LogP contribution in [0.1, 0.15) is 182 Å². The summed E-state index contributed by atoms with van der Waals surface area (Å²) in [6.07, 6.45) is 33.5. The molecule has 0 aromatic rings. The van der Waals surface area contributed by atoms with Gasteiger partial charge in [0, 0.05) is 0 Å². The van der Waals surface area contributed by atoms with Crippen LogP contribution in [-0.4, -0.2) is 52.3 Å². The second kappa shape index (κ2) is 34.2. The summed E-state index contributed by atoms with van der Waals surface area (Å²) in [5, 5.41) is 0. The molecule has 0 heterocycles. The van der Waals surface area contributed by atoms with Gasteiger partial charge in [0.05, 0.1) is 0 Å². The van der Waals surface area contributed by atoms with Crippen molar-refractivity contribution < 1.29 is 15.7 Å². The summed E-state index contributed by atoms with van der Waals surface area (Å²) in [6, 6.07) is 0. The van der Waals surface area contributed by atoms with Crippen molar-refractivity contribution in [3.63, 3.8) is 0 Å². The third-order valence-electron chi connectivity index (χ3n) is 8.44. The first-order chi connectivity index (χ1) is 20.6. The van der Waals surface area contributed by atoms with Crippen LogP contribution in [0.25, 0.3) is 0 Å². The summed E-state index contributed by atoms with van der Waals surface area (Å²) in [5.41, 5.74) is 0. The van der Waals surface area contributed by atoms with Gasteiger partial charge in [-0.25, -0.2) is 0 Å². The predicted molar refractivity (Wildman–Crippen MR) is 188 cm³/mol. The van der Waals surface area contributed by atoms with E-state index in [0.29, 0.717) is 0 Å². The predicted octanol–water partition coefficient (Wildman–Crippen LogP) is 11.5. The Morgan fingerprint density at radius 1 is 0.381 bits per heavy atom. The second-order valence-electron chi connectivity index (χ2n) is 12.7. The van der Waals surface area contributed by atoms with Crippen molar-refractivity contribution in [1.29, 1.82) is 0 Å². The number of hydrogen-bond donors (Lipinski definition) is 0. The Labute approximate surface area is 277 Å². The van der Waals surface area contributed by atoms with Crippen molar-refractivity contribution in [1.82, 2.24) is 0 Å². The van der Waals surface area contributed by atoms with Gasteiger partial charge in [-0.15, -0.1) is 0 Å². The van der Waals surface area contributed by atoms with Crippen LogP contribution < -0.4 is 0 Å². The zero-order chi connectivity index (χ0) is 30.9. The fraction of sp³-hybridized carbons (Fsp3) is 0.889. The van der Waals surface area contributed by atoms with Crippen LogP contribution in [0.3, 0.4) is 0 Å². The normalized spacial score (nSPS) is 11.7. The number of hydrogen-bond acceptors (Lipinski definition) is 4. The topological polar surface area (TPSA) is 52.6 Å². The van der Waals surface area contributed by atoms with E-state index in [1.807, 2.05) is 0 Å². The average Bonchev–Trinajstić information content (AvgIpc) is 2.98. The molecule has 0 rings (SSSR count). The van der Waals surface area contributed by atoms with Gasteiger partial charge in [0.15, 0.2) is 0 Å². The Balaban J connectivity index is 4.73. The molecule has 0 atom stereocenters. The molecule has 248 valence electrons. The molecule has 0 aliphatic heterocycles. The fourth-order valence-electron chi connectivity index (χ4n) is 5.68. The van der Waals surface area contributed by atoms with Gasteiger partial charge in [0.1, 0.15) is 0 Å². The maximum atomic E-state index is 12.7. The minimum atomic E-state index is -2.39. The van der Waals surface area contributed by atoms with Crippen molar-refractivity contribution >= 4 is 52.3 Å². The summed E-state index contributed by atoms with van der Waals surface area (Å²) in [5.74, 6) is -0.577. The van der Waals surface area contributed by atoms with Crippen LogP contribution in [0.5, 0.6) is 0 Å². The molecule has 0 amide bonds. The van der Waals surface area contributed by atoms with Gasteiger partial charge in [-0.1, -0.05) is 0 Å². The molecule has 0 aliphatic carbocycles. The molecule has 6 heteroatoms. The van der Waals surface area contributed by atoms with E-state index in [9.17, 15) is 9.59 Å². The third kappa shape index (κ3) is 30.3. The first-order valence-corrected chi connectivity index (χ1v) is 30.7. The summed E-state index contributed by atoms with van der Waals surface area (Å²) in [4.78, 5) is 25.5. The van der Waals surface area contributed by atoms with E-state index in [1.165, 1.54) is 166 Å². The van der Waals surface area contributed by atoms with Gasteiger partial charge >= 0.3 is 280 Å². The monoisotopic (exact) mass is 808 g/mol. The standard InChI is InChI=1S/4C8H17.C4H4O4.2Sn.2H/c4*1-3-5-7-8-6-4-2;5-3(6)1-2-4(7)8;;;;/h4*1,3-8H2,2H3;1-2H,(H,5,6)(H,7,8);;;;/q;;;;;2*+1;;/p-2/b;;;;2-1-;;;;. The van der Waals surface area contributed by atoms with Crippen molar-refractivity contribution in [3.8, 4) is 0 Å². The van der Waals surface area contributed by atoms with Crippen molar-refractivity contribution in [3.05, 3.63) is 12.2 Å². The molecule has 0 saturated carbocycles. The summed E-state index contributed by atoms with van der Waals surface area (Å²) in [6.45, 7) is 9.02. The van der Waals surface area contributed by atoms with Crippen LogP contribution in [0, 0.1) is 0 Å². The first kappa shape index (κ1) is 42.3. The summed E-state index contributed by atoms with van der Waals surface area (Å²) >= 11 is -4.79. The Hall–Kier alpha value is 0.277. The van der Waals surface area contributed by atoms with E-state index >= 15 is 0 Å². The molecule has 0 aromatic carbocycles. The molecule has 0 saturated heterocycles. The van der Waals surface area contributed by atoms with Gasteiger partial charge in [0.2, 0.25) is 0 Å². The molecule has 0 N–H and O–H groups in total. The van der Waals surface area contributed by atoms with Crippen molar-refractivity contribution in [2.45, 2.75) is 200 Å². The molecule has 0 fully saturated rings. The van der Waals surface area contributed by atoms with Gasteiger partial charge < -0.3 is 0 Å².